The molecule has 0 spiro atoms. The lowest BCUT2D eigenvalue weighted by atomic mass is 9.96. The Kier molecular flexibility index (Phi) is 7.75. The molecule has 0 radical (unpaired) electrons. The standard InChI is InChI=1S/C21H26IN3O3/c1-15(2)12-23-13-18(11-22)19-9-17(21(26)16-3-6-28-14-16)10-20(24-19)25-4-7-27-8-5-25/h9-13,16H,3-8,14H2,1-2H3/b18-11+,23-13-. The Morgan fingerprint density at radius 3 is 2.68 bits per heavy atom. The summed E-state index contributed by atoms with van der Waals surface area (Å²) in [5.74, 6) is 0.873. The molecule has 0 aromatic carbocycles. The van der Waals surface area contributed by atoms with Crippen LogP contribution in [0.4, 0.5) is 5.82 Å². The third-order valence-electron chi connectivity index (χ3n) is 4.69. The molecular formula is C21H26IN3O3. The average Bonchev–Trinajstić information content (AvgIpc) is 3.25. The summed E-state index contributed by atoms with van der Waals surface area (Å²) in [7, 11) is 0. The molecular weight excluding hydrogens is 469 g/mol. The predicted octanol–water partition coefficient (Wildman–Crippen LogP) is 3.91. The molecule has 1 aromatic heterocycles. The molecule has 28 heavy (non-hydrogen) atoms. The van der Waals surface area contributed by atoms with Crippen molar-refractivity contribution in [1.29, 1.82) is 0 Å². The largest absolute Gasteiger partial charge is 0.381 e. The summed E-state index contributed by atoms with van der Waals surface area (Å²) in [6.45, 7) is 8.03. The van der Waals surface area contributed by atoms with Gasteiger partial charge in [0.1, 0.15) is 5.82 Å². The molecule has 0 bridgehead atoms. The van der Waals surface area contributed by atoms with E-state index in [1.54, 1.807) is 6.21 Å². The zero-order valence-corrected chi connectivity index (χ0v) is 18.5. The monoisotopic (exact) mass is 495 g/mol. The fourth-order valence-electron chi connectivity index (χ4n) is 3.15. The SMILES string of the molecule is CC(C)=C/N=C\C(=C/I)c1cc(C(=O)C2CCOC2)cc(N2CCOCC2)n1. The Labute approximate surface area is 179 Å². The number of nitrogens with zero attached hydrogens (tertiary/aromatic N) is 3. The number of ether oxygens (including phenoxy) is 2. The molecule has 2 saturated heterocycles. The lowest BCUT2D eigenvalue weighted by Gasteiger charge is -2.28. The van der Waals surface area contributed by atoms with Crippen LogP contribution in [0.15, 0.2) is 33.0 Å². The summed E-state index contributed by atoms with van der Waals surface area (Å²) >= 11 is 2.19. The van der Waals surface area contributed by atoms with Crippen LogP contribution < -0.4 is 4.90 Å². The van der Waals surface area contributed by atoms with Gasteiger partial charge in [-0.15, -0.1) is 0 Å². The molecule has 2 aliphatic heterocycles. The Hall–Kier alpha value is -1.58. The molecule has 0 aliphatic carbocycles. The van der Waals surface area contributed by atoms with E-state index >= 15 is 0 Å². The molecule has 1 atom stereocenters. The predicted molar refractivity (Wildman–Crippen MR) is 120 cm³/mol. The Bertz CT molecular complexity index is 788. The van der Waals surface area contributed by atoms with Crippen molar-refractivity contribution in [2.24, 2.45) is 10.9 Å². The number of anilines is 1. The van der Waals surface area contributed by atoms with Crippen molar-refractivity contribution in [3.05, 3.63) is 39.2 Å². The van der Waals surface area contributed by atoms with Gasteiger partial charge in [0.05, 0.1) is 25.5 Å². The maximum absolute atomic E-state index is 13.0. The fraction of sp³-hybridized carbons (Fsp3) is 0.476. The lowest BCUT2D eigenvalue weighted by molar-refractivity contribution is 0.0900. The normalized spacial score (nSPS) is 20.6. The van der Waals surface area contributed by atoms with Crippen molar-refractivity contribution < 1.29 is 14.3 Å². The molecule has 1 unspecified atom stereocenters. The van der Waals surface area contributed by atoms with Gasteiger partial charge < -0.3 is 14.4 Å². The summed E-state index contributed by atoms with van der Waals surface area (Å²) in [5, 5.41) is 0. The highest BCUT2D eigenvalue weighted by atomic mass is 127. The van der Waals surface area contributed by atoms with E-state index in [0.717, 1.165) is 42.2 Å². The number of allylic oxidation sites excluding steroid dienone is 2. The van der Waals surface area contributed by atoms with Crippen LogP contribution in [0.5, 0.6) is 0 Å². The summed E-state index contributed by atoms with van der Waals surface area (Å²) in [6.07, 6.45) is 4.38. The van der Waals surface area contributed by atoms with Crippen LogP contribution >= 0.6 is 22.6 Å². The second-order valence-corrected chi connectivity index (χ2v) is 7.80. The van der Waals surface area contributed by atoms with E-state index in [4.69, 9.17) is 14.5 Å². The number of ketones is 1. The van der Waals surface area contributed by atoms with E-state index in [1.165, 1.54) is 0 Å². The number of Topliss-reactive ketones (excluding diaryl/α,β-unsaturated/α-hetero) is 1. The van der Waals surface area contributed by atoms with Crippen molar-refractivity contribution in [3.63, 3.8) is 0 Å². The van der Waals surface area contributed by atoms with Gasteiger partial charge in [-0.25, -0.2) is 4.98 Å². The van der Waals surface area contributed by atoms with E-state index in [9.17, 15) is 4.79 Å². The smallest absolute Gasteiger partial charge is 0.168 e. The van der Waals surface area contributed by atoms with Gasteiger partial charge in [-0.3, -0.25) is 9.79 Å². The van der Waals surface area contributed by atoms with Gasteiger partial charge in [0.15, 0.2) is 5.78 Å². The summed E-state index contributed by atoms with van der Waals surface area (Å²) in [5.41, 5.74) is 3.45. The molecule has 150 valence electrons. The van der Waals surface area contributed by atoms with Crippen LogP contribution in [0.3, 0.4) is 0 Å². The highest BCUT2D eigenvalue weighted by molar-refractivity contribution is 14.1. The first-order valence-corrected chi connectivity index (χ1v) is 10.8. The van der Waals surface area contributed by atoms with Crippen LogP contribution in [0.25, 0.3) is 5.57 Å². The summed E-state index contributed by atoms with van der Waals surface area (Å²) in [6, 6.07) is 3.79. The van der Waals surface area contributed by atoms with Gasteiger partial charge in [-0.2, -0.15) is 0 Å². The van der Waals surface area contributed by atoms with Crippen molar-refractivity contribution >= 4 is 46.0 Å². The third-order valence-corrected chi connectivity index (χ3v) is 5.36. The number of carbonyl (C=O) groups is 1. The number of aliphatic imine (C=N–C) groups is 1. The van der Waals surface area contributed by atoms with Crippen molar-refractivity contribution in [2.45, 2.75) is 20.3 Å². The van der Waals surface area contributed by atoms with Crippen molar-refractivity contribution in [1.82, 2.24) is 4.98 Å². The molecule has 6 nitrogen and oxygen atoms in total. The molecule has 2 aliphatic rings. The van der Waals surface area contributed by atoms with Crippen LogP contribution in [0, 0.1) is 5.92 Å². The highest BCUT2D eigenvalue weighted by Crippen LogP contribution is 2.25. The number of carbonyl (C=O) groups excluding carboxylic acids is 1. The molecule has 1 aromatic rings. The molecule has 2 fully saturated rings. The van der Waals surface area contributed by atoms with Crippen LogP contribution in [-0.4, -0.2) is 56.5 Å². The first kappa shape index (κ1) is 21.1. The first-order chi connectivity index (χ1) is 13.6. The molecule has 3 rings (SSSR count). The van der Waals surface area contributed by atoms with Crippen LogP contribution in [0.1, 0.15) is 36.3 Å². The molecule has 0 N–H and O–H groups in total. The van der Waals surface area contributed by atoms with Gasteiger partial charge >= 0.3 is 0 Å². The van der Waals surface area contributed by atoms with E-state index in [1.807, 2.05) is 36.3 Å². The minimum atomic E-state index is -0.0702. The molecule has 0 saturated carbocycles. The number of halogens is 1. The fourth-order valence-corrected chi connectivity index (χ4v) is 3.63. The van der Waals surface area contributed by atoms with Gasteiger partial charge in [-0.05, 0) is 36.5 Å². The van der Waals surface area contributed by atoms with Crippen molar-refractivity contribution in [2.75, 3.05) is 44.4 Å². The van der Waals surface area contributed by atoms with Gasteiger partial charge in [0.25, 0.3) is 0 Å². The average molecular weight is 495 g/mol. The third kappa shape index (κ3) is 5.48. The molecule has 0 amide bonds. The van der Waals surface area contributed by atoms with Crippen LogP contribution in [-0.2, 0) is 9.47 Å². The maximum atomic E-state index is 13.0. The summed E-state index contributed by atoms with van der Waals surface area (Å²) in [4.78, 5) is 24.4. The second kappa shape index (κ2) is 10.3. The van der Waals surface area contributed by atoms with Gasteiger partial charge in [-0.1, -0.05) is 28.2 Å². The minimum absolute atomic E-state index is 0.0702. The maximum Gasteiger partial charge on any atom is 0.168 e. The number of pyridine rings is 1. The lowest BCUT2D eigenvalue weighted by Crippen LogP contribution is -2.37. The van der Waals surface area contributed by atoms with E-state index in [-0.39, 0.29) is 11.7 Å². The number of morpholine rings is 1. The topological polar surface area (TPSA) is 64.0 Å². The zero-order chi connectivity index (χ0) is 19.9. The highest BCUT2D eigenvalue weighted by Gasteiger charge is 2.26. The van der Waals surface area contributed by atoms with Gasteiger partial charge in [0, 0.05) is 49.2 Å². The van der Waals surface area contributed by atoms with Crippen molar-refractivity contribution in [3.8, 4) is 0 Å². The zero-order valence-electron chi connectivity index (χ0n) is 16.4. The molecule has 7 heteroatoms. The number of aromatic nitrogens is 1. The van der Waals surface area contributed by atoms with Crippen LogP contribution in [0.2, 0.25) is 0 Å². The first-order valence-electron chi connectivity index (χ1n) is 9.52. The Morgan fingerprint density at radius 2 is 2.04 bits per heavy atom. The summed E-state index contributed by atoms with van der Waals surface area (Å²) < 4.78 is 12.8. The Balaban J connectivity index is 1.97. The Morgan fingerprint density at radius 1 is 1.25 bits per heavy atom. The van der Waals surface area contributed by atoms with E-state index in [2.05, 4.69) is 32.5 Å². The second-order valence-electron chi connectivity index (χ2n) is 7.17. The van der Waals surface area contributed by atoms with Gasteiger partial charge in [0.2, 0.25) is 0 Å². The quantitative estimate of drug-likeness (QED) is 0.340. The minimum Gasteiger partial charge on any atom is -0.381 e. The van der Waals surface area contributed by atoms with E-state index < -0.39 is 0 Å². The van der Waals surface area contributed by atoms with E-state index in [0.29, 0.717) is 32.0 Å². The number of rotatable bonds is 6. The number of hydrogen-bond donors (Lipinski definition) is 0. The number of hydrogen-bond acceptors (Lipinski definition) is 6. The molecule has 3 heterocycles.